The first-order chi connectivity index (χ1) is 6.25. The number of allylic oxidation sites excluding steroid dienone is 2. The van der Waals surface area contributed by atoms with Crippen molar-refractivity contribution in [1.29, 1.82) is 0 Å². The molecule has 1 aromatic rings. The Morgan fingerprint density at radius 1 is 1.38 bits per heavy atom. The summed E-state index contributed by atoms with van der Waals surface area (Å²) in [5.74, 6) is -0.150. The zero-order chi connectivity index (χ0) is 9.68. The number of hydrogen-bond donors (Lipinski definition) is 1. The average Bonchev–Trinajstić information content (AvgIpc) is 2.28. The third kappa shape index (κ3) is 2.44. The molecule has 2 nitrogen and oxygen atoms in total. The van der Waals surface area contributed by atoms with Gasteiger partial charge in [-0.15, -0.1) is 0 Å². The predicted octanol–water partition coefficient (Wildman–Crippen LogP) is 1.87. The van der Waals surface area contributed by atoms with Gasteiger partial charge in [0.15, 0.2) is 5.75 Å². The fourth-order valence-electron chi connectivity index (χ4n) is 1.04. The lowest BCUT2D eigenvalue weighted by Gasteiger charge is -1.93. The van der Waals surface area contributed by atoms with E-state index in [0.29, 0.717) is 12.0 Å². The molecule has 0 aliphatic heterocycles. The molecule has 0 aromatic heterocycles. The summed E-state index contributed by atoms with van der Waals surface area (Å²) in [4.78, 5) is 11.1. The smallest absolute Gasteiger partial charge is 0.220 e. The summed E-state index contributed by atoms with van der Waals surface area (Å²) in [7, 11) is 0. The van der Waals surface area contributed by atoms with E-state index in [1.807, 2.05) is 19.1 Å². The maximum absolute atomic E-state index is 11.1. The summed E-state index contributed by atoms with van der Waals surface area (Å²) in [6, 6.07) is 6.48. The number of hydrogen-bond acceptors (Lipinski definition) is 2. The summed E-state index contributed by atoms with van der Waals surface area (Å²) in [6.07, 6.45) is 4.37. The molecule has 0 amide bonds. The van der Waals surface area contributed by atoms with Gasteiger partial charge in [0.05, 0.1) is 0 Å². The Labute approximate surface area is 77.2 Å². The second-order valence-corrected chi connectivity index (χ2v) is 2.73. The van der Waals surface area contributed by atoms with Gasteiger partial charge in [-0.25, -0.2) is 0 Å². The van der Waals surface area contributed by atoms with Gasteiger partial charge in [-0.2, -0.15) is 0 Å². The molecule has 0 saturated heterocycles. The molecule has 1 N–H and O–H groups in total. The zero-order valence-corrected chi connectivity index (χ0v) is 7.53. The van der Waals surface area contributed by atoms with E-state index in [4.69, 9.17) is 0 Å². The summed E-state index contributed by atoms with van der Waals surface area (Å²) in [6.45, 7) is 1.90. The minimum atomic E-state index is -0.329. The Morgan fingerprint density at radius 2 is 2.08 bits per heavy atom. The molecule has 0 aliphatic rings. The van der Waals surface area contributed by atoms with Crippen molar-refractivity contribution in [2.24, 2.45) is 0 Å². The molecule has 0 unspecified atom stereocenters. The normalized spacial score (nSPS) is 10.5. The lowest BCUT2D eigenvalue weighted by atomic mass is 10.2. The minimum Gasteiger partial charge on any atom is -0.504 e. The van der Waals surface area contributed by atoms with Crippen molar-refractivity contribution in [2.45, 2.75) is 13.3 Å². The highest BCUT2D eigenvalue weighted by molar-refractivity contribution is 5.32. The lowest BCUT2D eigenvalue weighted by molar-refractivity contribution is 0.465. The molecule has 0 spiro atoms. The van der Waals surface area contributed by atoms with Gasteiger partial charge in [0.2, 0.25) is 5.43 Å². The molecule has 68 valence electrons. The summed E-state index contributed by atoms with van der Waals surface area (Å²) in [5, 5.41) is 9.44. The third-order valence-corrected chi connectivity index (χ3v) is 1.77. The van der Waals surface area contributed by atoms with Crippen molar-refractivity contribution in [3.63, 3.8) is 0 Å². The van der Waals surface area contributed by atoms with Crippen molar-refractivity contribution < 1.29 is 5.11 Å². The van der Waals surface area contributed by atoms with Crippen LogP contribution < -0.4 is 5.43 Å². The van der Waals surface area contributed by atoms with E-state index in [1.54, 1.807) is 18.2 Å². The van der Waals surface area contributed by atoms with Crippen molar-refractivity contribution in [1.82, 2.24) is 0 Å². The predicted molar refractivity (Wildman–Crippen MR) is 52.9 cm³/mol. The molecule has 0 heterocycles. The third-order valence-electron chi connectivity index (χ3n) is 1.77. The van der Waals surface area contributed by atoms with E-state index < -0.39 is 0 Å². The van der Waals surface area contributed by atoms with Crippen LogP contribution in [0.4, 0.5) is 0 Å². The van der Waals surface area contributed by atoms with Crippen LogP contribution >= 0.6 is 0 Å². The van der Waals surface area contributed by atoms with E-state index in [1.165, 1.54) is 6.07 Å². The molecule has 0 saturated carbocycles. The first kappa shape index (κ1) is 9.52. The SMILES string of the molecule is C/C=C\Cc1ccccc(=O)c1O. The van der Waals surface area contributed by atoms with Crippen LogP contribution in [0.15, 0.2) is 41.2 Å². The first-order valence-corrected chi connectivity index (χ1v) is 4.18. The van der Waals surface area contributed by atoms with Gasteiger partial charge in [-0.3, -0.25) is 4.79 Å². The Hall–Kier alpha value is -1.57. The van der Waals surface area contributed by atoms with Crippen LogP contribution in [0.1, 0.15) is 12.5 Å². The maximum atomic E-state index is 11.1. The van der Waals surface area contributed by atoms with Gasteiger partial charge in [0.25, 0.3) is 0 Å². The summed E-state index contributed by atoms with van der Waals surface area (Å²) < 4.78 is 0. The fraction of sp³-hybridized carbons (Fsp3) is 0.182. The molecule has 0 aliphatic carbocycles. The van der Waals surface area contributed by atoms with Gasteiger partial charge < -0.3 is 5.11 Å². The van der Waals surface area contributed by atoms with Crippen LogP contribution in [0.3, 0.4) is 0 Å². The van der Waals surface area contributed by atoms with Crippen LogP contribution in [-0.4, -0.2) is 5.11 Å². The van der Waals surface area contributed by atoms with Crippen LogP contribution in [0, 0.1) is 0 Å². The first-order valence-electron chi connectivity index (χ1n) is 4.18. The van der Waals surface area contributed by atoms with Crippen LogP contribution in [-0.2, 0) is 6.42 Å². The highest BCUT2D eigenvalue weighted by atomic mass is 16.3. The average molecular weight is 176 g/mol. The van der Waals surface area contributed by atoms with E-state index in [-0.39, 0.29) is 11.2 Å². The second kappa shape index (κ2) is 4.45. The molecule has 13 heavy (non-hydrogen) atoms. The van der Waals surface area contributed by atoms with Gasteiger partial charge in [-0.05, 0) is 19.4 Å². The highest BCUT2D eigenvalue weighted by Gasteiger charge is 1.99. The molecule has 0 fully saturated rings. The number of rotatable bonds is 2. The molecular formula is C11H12O2. The van der Waals surface area contributed by atoms with Gasteiger partial charge in [0.1, 0.15) is 0 Å². The second-order valence-electron chi connectivity index (χ2n) is 2.73. The van der Waals surface area contributed by atoms with Crippen molar-refractivity contribution in [3.05, 3.63) is 52.2 Å². The van der Waals surface area contributed by atoms with Crippen molar-refractivity contribution in [3.8, 4) is 5.75 Å². The van der Waals surface area contributed by atoms with E-state index >= 15 is 0 Å². The van der Waals surface area contributed by atoms with Gasteiger partial charge in [0, 0.05) is 5.56 Å². The topological polar surface area (TPSA) is 37.3 Å². The van der Waals surface area contributed by atoms with Gasteiger partial charge in [-0.1, -0.05) is 30.4 Å². The van der Waals surface area contributed by atoms with Gasteiger partial charge >= 0.3 is 0 Å². The van der Waals surface area contributed by atoms with E-state index in [9.17, 15) is 9.90 Å². The van der Waals surface area contributed by atoms with Crippen LogP contribution in [0.5, 0.6) is 5.75 Å². The monoisotopic (exact) mass is 176 g/mol. The Balaban J connectivity index is 3.16. The lowest BCUT2D eigenvalue weighted by Crippen LogP contribution is -1.95. The van der Waals surface area contributed by atoms with E-state index in [2.05, 4.69) is 0 Å². The fourth-order valence-corrected chi connectivity index (χ4v) is 1.04. The standard InChI is InChI=1S/C11H12O2/c1-2-3-6-9-7-4-5-8-10(12)11(9)13/h2-5,7-8H,6H2,1H3,(H,12,13)/b3-2-. The molecule has 1 aromatic carbocycles. The Kier molecular flexibility index (Phi) is 3.26. The summed E-state index contributed by atoms with van der Waals surface area (Å²) in [5.41, 5.74) is 0.331. The summed E-state index contributed by atoms with van der Waals surface area (Å²) >= 11 is 0. The molecule has 1 rings (SSSR count). The van der Waals surface area contributed by atoms with Crippen LogP contribution in [0.2, 0.25) is 0 Å². The largest absolute Gasteiger partial charge is 0.504 e. The Morgan fingerprint density at radius 3 is 2.77 bits per heavy atom. The molecule has 0 atom stereocenters. The van der Waals surface area contributed by atoms with Crippen molar-refractivity contribution in [2.75, 3.05) is 0 Å². The molecule has 0 bridgehead atoms. The quantitative estimate of drug-likeness (QED) is 0.698. The number of aromatic hydroxyl groups is 1. The highest BCUT2D eigenvalue weighted by Crippen LogP contribution is 2.10. The van der Waals surface area contributed by atoms with Crippen LogP contribution in [0.25, 0.3) is 0 Å². The molecule has 0 radical (unpaired) electrons. The minimum absolute atomic E-state index is 0.150. The Bertz CT molecular complexity index is 367. The maximum Gasteiger partial charge on any atom is 0.220 e. The van der Waals surface area contributed by atoms with Crippen molar-refractivity contribution >= 4 is 0 Å². The van der Waals surface area contributed by atoms with E-state index in [0.717, 1.165) is 0 Å². The molecular weight excluding hydrogens is 164 g/mol. The molecule has 2 heteroatoms. The zero-order valence-electron chi connectivity index (χ0n) is 7.53.